The van der Waals surface area contributed by atoms with Crippen molar-refractivity contribution in [3.8, 4) is 0 Å². The van der Waals surface area contributed by atoms with Crippen molar-refractivity contribution in [3.63, 3.8) is 0 Å². The van der Waals surface area contributed by atoms with Gasteiger partial charge in [0.25, 0.3) is 0 Å². The summed E-state index contributed by atoms with van der Waals surface area (Å²) in [6.07, 6.45) is 3.32. The molecule has 1 heterocycles. The molecule has 98 valence electrons. The Bertz CT molecular complexity index is 298. The van der Waals surface area contributed by atoms with Gasteiger partial charge in [0.1, 0.15) is 0 Å². The van der Waals surface area contributed by atoms with Gasteiger partial charge in [-0.25, -0.2) is 0 Å². The van der Waals surface area contributed by atoms with E-state index in [-0.39, 0.29) is 0 Å². The van der Waals surface area contributed by atoms with E-state index in [9.17, 15) is 0 Å². The number of hydrogen-bond donors (Lipinski definition) is 1. The molecule has 1 aromatic rings. The lowest BCUT2D eigenvalue weighted by Crippen LogP contribution is -2.35. The van der Waals surface area contributed by atoms with E-state index in [1.54, 1.807) is 0 Å². The van der Waals surface area contributed by atoms with Crippen molar-refractivity contribution < 1.29 is 4.74 Å². The predicted molar refractivity (Wildman–Crippen MR) is 76.0 cm³/mol. The maximum absolute atomic E-state index is 5.64. The Morgan fingerprint density at radius 2 is 2.00 bits per heavy atom. The van der Waals surface area contributed by atoms with Gasteiger partial charge in [0.15, 0.2) is 0 Å². The fraction of sp³-hybridized carbons (Fsp3) is 0.714. The van der Waals surface area contributed by atoms with E-state index in [0.29, 0.717) is 6.04 Å². The van der Waals surface area contributed by atoms with Crippen molar-refractivity contribution in [2.45, 2.75) is 46.1 Å². The third-order valence-corrected chi connectivity index (χ3v) is 3.93. The maximum atomic E-state index is 5.64. The zero-order valence-electron chi connectivity index (χ0n) is 11.3. The summed E-state index contributed by atoms with van der Waals surface area (Å²) >= 11 is 1.93. The van der Waals surface area contributed by atoms with Crippen molar-refractivity contribution in [1.29, 1.82) is 0 Å². The van der Waals surface area contributed by atoms with E-state index in [1.807, 2.05) is 11.3 Å². The van der Waals surface area contributed by atoms with Gasteiger partial charge in [0.05, 0.1) is 6.61 Å². The molecule has 0 radical (unpaired) electrons. The monoisotopic (exact) mass is 255 g/mol. The number of likely N-dealkylation sites (N-methyl/N-ethyl adjacent to an activating group) is 1. The van der Waals surface area contributed by atoms with Crippen LogP contribution in [0.2, 0.25) is 0 Å². The summed E-state index contributed by atoms with van der Waals surface area (Å²) in [5, 5.41) is 3.50. The lowest BCUT2D eigenvalue weighted by Gasteiger charge is -2.17. The van der Waals surface area contributed by atoms with Gasteiger partial charge < -0.3 is 10.1 Å². The van der Waals surface area contributed by atoms with Gasteiger partial charge >= 0.3 is 0 Å². The lowest BCUT2D eigenvalue weighted by molar-refractivity contribution is 0.112. The number of aryl methyl sites for hydroxylation is 1. The Morgan fingerprint density at radius 3 is 2.59 bits per heavy atom. The zero-order chi connectivity index (χ0) is 12.5. The second-order valence-electron chi connectivity index (χ2n) is 4.26. The molecule has 0 aromatic carbocycles. The van der Waals surface area contributed by atoms with Crippen LogP contribution in [0.25, 0.3) is 0 Å². The molecule has 0 fully saturated rings. The molecule has 1 rings (SSSR count). The molecule has 0 aliphatic heterocycles. The van der Waals surface area contributed by atoms with Crippen LogP contribution in [0.15, 0.2) is 12.1 Å². The van der Waals surface area contributed by atoms with Crippen LogP contribution in [0, 0.1) is 0 Å². The molecule has 3 heteroatoms. The first-order chi connectivity index (χ1) is 8.30. The van der Waals surface area contributed by atoms with Gasteiger partial charge in [0, 0.05) is 22.4 Å². The quantitative estimate of drug-likeness (QED) is 0.684. The van der Waals surface area contributed by atoms with Crippen LogP contribution in [0.5, 0.6) is 0 Å². The average molecular weight is 255 g/mol. The van der Waals surface area contributed by atoms with E-state index in [1.165, 1.54) is 9.75 Å². The zero-order valence-corrected chi connectivity index (χ0v) is 12.1. The fourth-order valence-electron chi connectivity index (χ4n) is 1.81. The summed E-state index contributed by atoms with van der Waals surface area (Å²) in [6.45, 7) is 9.20. The number of ether oxygens (including phenoxy) is 1. The van der Waals surface area contributed by atoms with Crippen LogP contribution in [0.1, 0.15) is 36.9 Å². The molecule has 0 saturated carbocycles. The Morgan fingerprint density at radius 1 is 1.24 bits per heavy atom. The number of nitrogens with one attached hydrogen (secondary N) is 1. The van der Waals surface area contributed by atoms with Crippen LogP contribution in [0.3, 0.4) is 0 Å². The second-order valence-corrected chi connectivity index (χ2v) is 5.51. The first-order valence-electron chi connectivity index (χ1n) is 6.68. The fourth-order valence-corrected chi connectivity index (χ4v) is 2.85. The molecule has 2 nitrogen and oxygen atoms in total. The smallest absolute Gasteiger partial charge is 0.0623 e. The van der Waals surface area contributed by atoms with Crippen LogP contribution in [-0.4, -0.2) is 25.8 Å². The Hall–Kier alpha value is -0.380. The van der Waals surface area contributed by atoms with Gasteiger partial charge in [-0.15, -0.1) is 11.3 Å². The van der Waals surface area contributed by atoms with Gasteiger partial charge in [-0.3, -0.25) is 0 Å². The molecule has 17 heavy (non-hydrogen) atoms. The predicted octanol–water partition coefficient (Wildman–Crippen LogP) is 3.26. The molecule has 1 aromatic heterocycles. The van der Waals surface area contributed by atoms with Crippen LogP contribution in [0.4, 0.5) is 0 Å². The lowest BCUT2D eigenvalue weighted by atomic mass is 10.2. The van der Waals surface area contributed by atoms with Crippen LogP contribution in [-0.2, 0) is 17.6 Å². The first-order valence-corrected chi connectivity index (χ1v) is 7.50. The minimum atomic E-state index is 0.454. The van der Waals surface area contributed by atoms with E-state index in [2.05, 4.69) is 38.2 Å². The van der Waals surface area contributed by atoms with Crippen molar-refractivity contribution in [2.24, 2.45) is 0 Å². The van der Waals surface area contributed by atoms with Gasteiger partial charge in [0.2, 0.25) is 0 Å². The third kappa shape index (κ3) is 5.66. The van der Waals surface area contributed by atoms with Crippen molar-refractivity contribution in [1.82, 2.24) is 5.32 Å². The number of hydrogen-bond acceptors (Lipinski definition) is 3. The van der Waals surface area contributed by atoms with E-state index in [0.717, 1.165) is 39.0 Å². The van der Waals surface area contributed by atoms with E-state index in [4.69, 9.17) is 4.74 Å². The molecule has 1 N–H and O–H groups in total. The second kappa shape index (κ2) is 8.67. The normalized spacial score (nSPS) is 12.9. The largest absolute Gasteiger partial charge is 0.380 e. The molecule has 1 atom stereocenters. The van der Waals surface area contributed by atoms with Gasteiger partial charge in [-0.2, -0.15) is 0 Å². The Balaban J connectivity index is 2.41. The highest BCUT2D eigenvalue weighted by atomic mass is 32.1. The molecule has 0 spiro atoms. The van der Waals surface area contributed by atoms with Crippen LogP contribution < -0.4 is 5.32 Å². The van der Waals surface area contributed by atoms with Crippen molar-refractivity contribution >= 4 is 11.3 Å². The molecule has 0 bridgehead atoms. The maximum Gasteiger partial charge on any atom is 0.0623 e. The molecule has 1 unspecified atom stereocenters. The van der Waals surface area contributed by atoms with Gasteiger partial charge in [-0.1, -0.05) is 20.8 Å². The van der Waals surface area contributed by atoms with Gasteiger partial charge in [-0.05, 0) is 37.9 Å². The third-order valence-electron chi connectivity index (χ3n) is 2.67. The summed E-state index contributed by atoms with van der Waals surface area (Å²) in [4.78, 5) is 2.94. The molecular formula is C14H25NOS. The first kappa shape index (κ1) is 14.7. The highest BCUT2D eigenvalue weighted by Crippen LogP contribution is 2.18. The minimum Gasteiger partial charge on any atom is -0.380 e. The molecule has 0 aliphatic carbocycles. The standard InChI is InChI=1S/C14H25NOS/c1-4-9-16-11-12(15-6-3)10-14-8-7-13(5-2)17-14/h7-8,12,15H,4-6,9-11H2,1-3H3. The topological polar surface area (TPSA) is 21.3 Å². The Kier molecular flexibility index (Phi) is 7.49. The SMILES string of the molecule is CCCOCC(Cc1ccc(CC)s1)NCC. The molecule has 0 saturated heterocycles. The van der Waals surface area contributed by atoms with E-state index >= 15 is 0 Å². The summed E-state index contributed by atoms with van der Waals surface area (Å²) in [5.41, 5.74) is 0. The average Bonchev–Trinajstić information content (AvgIpc) is 2.77. The summed E-state index contributed by atoms with van der Waals surface area (Å²) in [6, 6.07) is 4.96. The van der Waals surface area contributed by atoms with Crippen molar-refractivity contribution in [3.05, 3.63) is 21.9 Å². The number of rotatable bonds is 9. The highest BCUT2D eigenvalue weighted by molar-refractivity contribution is 7.11. The van der Waals surface area contributed by atoms with Crippen LogP contribution >= 0.6 is 11.3 Å². The summed E-state index contributed by atoms with van der Waals surface area (Å²) in [7, 11) is 0. The molecule has 0 aliphatic rings. The summed E-state index contributed by atoms with van der Waals surface area (Å²) < 4.78 is 5.64. The molecule has 0 amide bonds. The van der Waals surface area contributed by atoms with E-state index < -0.39 is 0 Å². The molecular weight excluding hydrogens is 230 g/mol. The summed E-state index contributed by atoms with van der Waals surface area (Å²) in [5.74, 6) is 0. The number of thiophene rings is 1. The van der Waals surface area contributed by atoms with Crippen molar-refractivity contribution in [2.75, 3.05) is 19.8 Å². The highest BCUT2D eigenvalue weighted by Gasteiger charge is 2.10. The Labute approximate surface area is 109 Å². The minimum absolute atomic E-state index is 0.454.